The molecular formula is C13H18O6. The molecule has 0 spiro atoms. The first-order chi connectivity index (χ1) is 9.04. The van der Waals surface area contributed by atoms with Gasteiger partial charge in [-0.15, -0.1) is 0 Å². The van der Waals surface area contributed by atoms with E-state index in [1.54, 1.807) is 12.1 Å². The van der Waals surface area contributed by atoms with Gasteiger partial charge in [0.05, 0.1) is 26.9 Å². The Hall–Kier alpha value is -1.79. The highest BCUT2D eigenvalue weighted by Gasteiger charge is 2.22. The van der Waals surface area contributed by atoms with Crippen molar-refractivity contribution in [1.82, 2.24) is 0 Å². The van der Waals surface area contributed by atoms with E-state index < -0.39 is 12.1 Å². The number of hydrogen-bond acceptors (Lipinski definition) is 6. The van der Waals surface area contributed by atoms with Gasteiger partial charge in [-0.2, -0.15) is 0 Å². The summed E-state index contributed by atoms with van der Waals surface area (Å²) in [5.74, 6) is -0.117. The second kappa shape index (κ2) is 6.96. The predicted molar refractivity (Wildman–Crippen MR) is 67.4 cm³/mol. The van der Waals surface area contributed by atoms with Gasteiger partial charge < -0.3 is 24.4 Å². The zero-order valence-corrected chi connectivity index (χ0v) is 11.2. The van der Waals surface area contributed by atoms with Crippen molar-refractivity contribution in [2.75, 3.05) is 20.8 Å². The predicted octanol–water partition coefficient (Wildman–Crippen LogP) is 0.734. The van der Waals surface area contributed by atoms with Crippen LogP contribution in [0.25, 0.3) is 0 Å². The lowest BCUT2D eigenvalue weighted by atomic mass is 10.1. The molecule has 0 aliphatic carbocycles. The number of rotatable bonds is 6. The summed E-state index contributed by atoms with van der Waals surface area (Å²) in [6.07, 6.45) is -0.766. The first-order valence-electron chi connectivity index (χ1n) is 5.75. The average molecular weight is 270 g/mol. The number of aliphatic hydroxyl groups excluding tert-OH is 2. The maximum Gasteiger partial charge on any atom is 0.342 e. The summed E-state index contributed by atoms with van der Waals surface area (Å²) >= 11 is 0. The quantitative estimate of drug-likeness (QED) is 0.741. The summed E-state index contributed by atoms with van der Waals surface area (Å²) in [4.78, 5) is 12.0. The molecule has 0 aromatic heterocycles. The largest absolute Gasteiger partial charge is 0.493 e. The summed E-state index contributed by atoms with van der Waals surface area (Å²) < 4.78 is 15.2. The molecule has 1 unspecified atom stereocenters. The first-order valence-corrected chi connectivity index (χ1v) is 5.75. The summed E-state index contributed by atoms with van der Waals surface area (Å²) in [7, 11) is 2.84. The Morgan fingerprint density at radius 3 is 2.47 bits per heavy atom. The third-order valence-corrected chi connectivity index (χ3v) is 2.46. The van der Waals surface area contributed by atoms with E-state index in [-0.39, 0.29) is 24.5 Å². The van der Waals surface area contributed by atoms with Crippen LogP contribution in [0, 0.1) is 0 Å². The van der Waals surface area contributed by atoms with Crippen LogP contribution in [0.4, 0.5) is 0 Å². The zero-order valence-electron chi connectivity index (χ0n) is 11.2. The minimum atomic E-state index is -0.766. The molecule has 1 aromatic carbocycles. The molecule has 2 N–H and O–H groups in total. The summed E-state index contributed by atoms with van der Waals surface area (Å²) in [6, 6.07) is 3.15. The molecule has 6 nitrogen and oxygen atoms in total. The Balaban J connectivity index is 3.17. The molecule has 0 aliphatic rings. The van der Waals surface area contributed by atoms with Crippen LogP contribution >= 0.6 is 0 Å². The molecule has 6 heteroatoms. The van der Waals surface area contributed by atoms with E-state index in [1.165, 1.54) is 21.1 Å². The molecule has 19 heavy (non-hydrogen) atoms. The van der Waals surface area contributed by atoms with Crippen molar-refractivity contribution in [3.05, 3.63) is 23.3 Å². The van der Waals surface area contributed by atoms with Gasteiger partial charge >= 0.3 is 5.97 Å². The average Bonchev–Trinajstić information content (AvgIpc) is 2.42. The fourth-order valence-electron chi connectivity index (χ4n) is 1.59. The lowest BCUT2D eigenvalue weighted by molar-refractivity contribution is 0.0290. The van der Waals surface area contributed by atoms with E-state index in [4.69, 9.17) is 19.3 Å². The van der Waals surface area contributed by atoms with Crippen LogP contribution < -0.4 is 9.47 Å². The maximum atomic E-state index is 12.0. The van der Waals surface area contributed by atoms with E-state index in [0.717, 1.165) is 0 Å². The Morgan fingerprint density at radius 1 is 1.32 bits per heavy atom. The molecule has 1 rings (SSSR count). The fraction of sp³-hybridized carbons (Fsp3) is 0.462. The highest BCUT2D eigenvalue weighted by atomic mass is 16.5. The first kappa shape index (κ1) is 15.3. The molecule has 0 amide bonds. The van der Waals surface area contributed by atoms with Crippen molar-refractivity contribution in [3.63, 3.8) is 0 Å². The van der Waals surface area contributed by atoms with E-state index in [1.807, 2.05) is 0 Å². The van der Waals surface area contributed by atoms with E-state index in [9.17, 15) is 9.90 Å². The van der Waals surface area contributed by atoms with Gasteiger partial charge in [-0.1, -0.05) is 6.07 Å². The van der Waals surface area contributed by atoms with Crippen LogP contribution in [0.1, 0.15) is 22.8 Å². The topological polar surface area (TPSA) is 85.2 Å². The third kappa shape index (κ3) is 3.59. The normalized spacial score (nSPS) is 11.8. The molecule has 1 aromatic rings. The Kier molecular flexibility index (Phi) is 5.59. The smallest absolute Gasteiger partial charge is 0.342 e. The van der Waals surface area contributed by atoms with Gasteiger partial charge in [-0.05, 0) is 18.6 Å². The number of methoxy groups -OCH3 is 2. The van der Waals surface area contributed by atoms with Crippen molar-refractivity contribution >= 4 is 5.97 Å². The minimum absolute atomic E-state index is 0.102. The molecule has 0 radical (unpaired) electrons. The third-order valence-electron chi connectivity index (χ3n) is 2.46. The minimum Gasteiger partial charge on any atom is -0.493 e. The number of carbonyl (C=O) groups is 1. The molecule has 1 atom stereocenters. The van der Waals surface area contributed by atoms with Crippen molar-refractivity contribution in [3.8, 4) is 11.5 Å². The Bertz CT molecular complexity index is 441. The van der Waals surface area contributed by atoms with E-state index in [2.05, 4.69) is 0 Å². The second-order valence-electron chi connectivity index (χ2n) is 3.94. The highest BCUT2D eigenvalue weighted by molar-refractivity contribution is 5.95. The van der Waals surface area contributed by atoms with E-state index in [0.29, 0.717) is 11.3 Å². The maximum absolute atomic E-state index is 12.0. The molecule has 0 saturated heterocycles. The van der Waals surface area contributed by atoms with Crippen LogP contribution in [0.5, 0.6) is 11.5 Å². The number of ether oxygens (including phenoxy) is 3. The molecular weight excluding hydrogens is 252 g/mol. The second-order valence-corrected chi connectivity index (χ2v) is 3.94. The summed E-state index contributed by atoms with van der Waals surface area (Å²) in [6.45, 7) is 1.03. The molecule has 0 heterocycles. The van der Waals surface area contributed by atoms with Crippen LogP contribution in [-0.2, 0) is 11.3 Å². The lowest BCUT2D eigenvalue weighted by Gasteiger charge is -2.15. The molecule has 0 saturated carbocycles. The molecule has 0 fully saturated rings. The van der Waals surface area contributed by atoms with E-state index >= 15 is 0 Å². The zero-order chi connectivity index (χ0) is 14.4. The molecule has 106 valence electrons. The van der Waals surface area contributed by atoms with Crippen molar-refractivity contribution in [1.29, 1.82) is 0 Å². The van der Waals surface area contributed by atoms with Crippen molar-refractivity contribution < 1.29 is 29.2 Å². The van der Waals surface area contributed by atoms with Gasteiger partial charge in [0, 0.05) is 0 Å². The van der Waals surface area contributed by atoms with Gasteiger partial charge in [0.1, 0.15) is 12.2 Å². The SMILES string of the molecule is COc1ccc(CO)c(C(=O)OCC(C)O)c1OC. The molecule has 0 aliphatic heterocycles. The summed E-state index contributed by atoms with van der Waals surface area (Å²) in [5.41, 5.74) is 0.471. The van der Waals surface area contributed by atoms with Crippen LogP contribution in [-0.4, -0.2) is 43.1 Å². The lowest BCUT2D eigenvalue weighted by Crippen LogP contribution is -2.17. The number of esters is 1. The van der Waals surface area contributed by atoms with Gasteiger partial charge in [0.15, 0.2) is 11.5 Å². The van der Waals surface area contributed by atoms with Gasteiger partial charge in [0.25, 0.3) is 0 Å². The fourth-order valence-corrected chi connectivity index (χ4v) is 1.59. The number of carbonyl (C=O) groups excluding carboxylic acids is 1. The Labute approximate surface area is 111 Å². The van der Waals surface area contributed by atoms with Crippen LogP contribution in [0.15, 0.2) is 12.1 Å². The number of aliphatic hydroxyl groups is 2. The van der Waals surface area contributed by atoms with Crippen molar-refractivity contribution in [2.45, 2.75) is 19.6 Å². The molecule has 0 bridgehead atoms. The van der Waals surface area contributed by atoms with Gasteiger partial charge in [-0.25, -0.2) is 4.79 Å². The van der Waals surface area contributed by atoms with Crippen molar-refractivity contribution in [2.24, 2.45) is 0 Å². The number of benzene rings is 1. The monoisotopic (exact) mass is 270 g/mol. The highest BCUT2D eigenvalue weighted by Crippen LogP contribution is 2.34. The summed E-state index contributed by atoms with van der Waals surface area (Å²) in [5, 5.41) is 18.4. The standard InChI is InChI=1S/C13H18O6/c1-8(15)7-19-13(16)11-9(6-14)4-5-10(17-2)12(11)18-3/h4-5,8,14-15H,6-7H2,1-3H3. The number of hydrogen-bond donors (Lipinski definition) is 2. The van der Waals surface area contributed by atoms with Crippen LogP contribution in [0.2, 0.25) is 0 Å². The van der Waals surface area contributed by atoms with Crippen LogP contribution in [0.3, 0.4) is 0 Å². The van der Waals surface area contributed by atoms with Gasteiger partial charge in [-0.3, -0.25) is 0 Å². The van der Waals surface area contributed by atoms with Gasteiger partial charge in [0.2, 0.25) is 0 Å². The Morgan fingerprint density at radius 2 is 2.00 bits per heavy atom.